The van der Waals surface area contributed by atoms with Crippen LogP contribution < -0.4 is 21.8 Å². The average molecular weight is 444 g/mol. The van der Waals surface area contributed by atoms with E-state index in [0.29, 0.717) is 12.2 Å². The number of hydroxylamine groups is 1. The van der Waals surface area contributed by atoms with Gasteiger partial charge in [-0.2, -0.15) is 0 Å². The molecule has 0 heterocycles. The molecular formula is C22H29N5O5. The molecule has 0 bridgehead atoms. The minimum absolute atomic E-state index is 0.0835. The van der Waals surface area contributed by atoms with Gasteiger partial charge in [0.05, 0.1) is 6.54 Å². The maximum absolute atomic E-state index is 12.3. The van der Waals surface area contributed by atoms with Gasteiger partial charge in [-0.25, -0.2) is 5.48 Å². The zero-order chi connectivity index (χ0) is 23.7. The Bertz CT molecular complexity index is 915. The first-order chi connectivity index (χ1) is 15.2. The smallest absolute Gasteiger partial charge is 0.270 e. The van der Waals surface area contributed by atoms with Gasteiger partial charge < -0.3 is 21.5 Å². The Balaban J connectivity index is 2.01. The van der Waals surface area contributed by atoms with Gasteiger partial charge in [-0.05, 0) is 55.4 Å². The predicted octanol–water partition coefficient (Wildman–Crippen LogP) is 0.515. The number of nitrogens with two attached hydrogens (primary N) is 1. The number of aliphatic hydroxyl groups excluding tert-OH is 1. The van der Waals surface area contributed by atoms with Crippen LogP contribution in [0.25, 0.3) is 11.1 Å². The monoisotopic (exact) mass is 443 g/mol. The summed E-state index contributed by atoms with van der Waals surface area (Å²) in [6.07, 6.45) is -0.705. The summed E-state index contributed by atoms with van der Waals surface area (Å²) in [4.78, 5) is 37.8. The van der Waals surface area contributed by atoms with E-state index in [0.717, 1.165) is 24.1 Å². The summed E-state index contributed by atoms with van der Waals surface area (Å²) >= 11 is 0. The standard InChI is InChI=1S/C22H29N5O5/c1-3-12-27(2)13-18(28)24-17-10-8-15(9-11-17)14-4-6-16(7-5-14)21(30)25-19(20(23)29)22(31)26-32/h4-11,19-20,29,32H,3,12-13,23H2,1-2H3,(H,24,28)(H,25,30)(H,26,31)/t19-,20-/m0/s1. The summed E-state index contributed by atoms with van der Waals surface area (Å²) in [5.41, 5.74) is 9.25. The van der Waals surface area contributed by atoms with Crippen LogP contribution in [0.3, 0.4) is 0 Å². The highest BCUT2D eigenvalue weighted by molar-refractivity contribution is 5.98. The second-order valence-corrected chi connectivity index (χ2v) is 7.36. The van der Waals surface area contributed by atoms with Crippen LogP contribution >= 0.6 is 0 Å². The number of aliphatic hydroxyl groups is 1. The number of rotatable bonds is 10. The molecule has 3 amide bonds. The molecule has 0 saturated heterocycles. The van der Waals surface area contributed by atoms with Gasteiger partial charge in [0.25, 0.3) is 11.8 Å². The minimum Gasteiger partial charge on any atom is -0.376 e. The van der Waals surface area contributed by atoms with Crippen LogP contribution in [0.2, 0.25) is 0 Å². The van der Waals surface area contributed by atoms with Gasteiger partial charge in [0.2, 0.25) is 5.91 Å². The zero-order valence-corrected chi connectivity index (χ0v) is 18.0. The first-order valence-corrected chi connectivity index (χ1v) is 10.1. The van der Waals surface area contributed by atoms with Crippen molar-refractivity contribution >= 4 is 23.4 Å². The lowest BCUT2D eigenvalue weighted by Crippen LogP contribution is -2.55. The fraction of sp³-hybridized carbons (Fsp3) is 0.318. The predicted molar refractivity (Wildman–Crippen MR) is 120 cm³/mol. The lowest BCUT2D eigenvalue weighted by Gasteiger charge is -2.19. The molecule has 0 aliphatic heterocycles. The molecule has 2 aromatic rings. The molecule has 2 atom stereocenters. The van der Waals surface area contributed by atoms with Crippen LogP contribution in [0.1, 0.15) is 23.7 Å². The number of carbonyl (C=O) groups is 3. The van der Waals surface area contributed by atoms with E-state index in [4.69, 9.17) is 10.9 Å². The first-order valence-electron chi connectivity index (χ1n) is 10.1. The topological polar surface area (TPSA) is 157 Å². The molecule has 0 radical (unpaired) electrons. The molecular weight excluding hydrogens is 414 g/mol. The highest BCUT2D eigenvalue weighted by atomic mass is 16.5. The fourth-order valence-electron chi connectivity index (χ4n) is 3.07. The molecule has 0 aromatic heterocycles. The van der Waals surface area contributed by atoms with Crippen LogP contribution in [0.4, 0.5) is 5.69 Å². The molecule has 2 rings (SSSR count). The molecule has 172 valence electrons. The van der Waals surface area contributed by atoms with Crippen molar-refractivity contribution < 1.29 is 24.7 Å². The fourth-order valence-corrected chi connectivity index (χ4v) is 3.07. The first kappa shape index (κ1) is 25.0. The van der Waals surface area contributed by atoms with Gasteiger partial charge in [-0.3, -0.25) is 24.5 Å². The molecule has 0 aliphatic carbocycles. The van der Waals surface area contributed by atoms with E-state index in [1.54, 1.807) is 36.4 Å². The van der Waals surface area contributed by atoms with Crippen molar-refractivity contribution in [3.8, 4) is 11.1 Å². The summed E-state index contributed by atoms with van der Waals surface area (Å²) in [6, 6.07) is 12.4. The van der Waals surface area contributed by atoms with Crippen LogP contribution in [0, 0.1) is 0 Å². The second-order valence-electron chi connectivity index (χ2n) is 7.36. The maximum atomic E-state index is 12.3. The summed E-state index contributed by atoms with van der Waals surface area (Å²) in [5, 5.41) is 23.2. The van der Waals surface area contributed by atoms with Crippen molar-refractivity contribution in [1.82, 2.24) is 15.7 Å². The van der Waals surface area contributed by atoms with Crippen molar-refractivity contribution in [2.75, 3.05) is 25.5 Å². The summed E-state index contributed by atoms with van der Waals surface area (Å²) in [7, 11) is 1.90. The van der Waals surface area contributed by atoms with Gasteiger partial charge in [0.15, 0.2) is 0 Å². The highest BCUT2D eigenvalue weighted by Crippen LogP contribution is 2.22. The van der Waals surface area contributed by atoms with E-state index in [9.17, 15) is 19.5 Å². The van der Waals surface area contributed by atoms with Crippen molar-refractivity contribution in [2.24, 2.45) is 5.73 Å². The van der Waals surface area contributed by atoms with E-state index in [1.165, 1.54) is 5.48 Å². The van der Waals surface area contributed by atoms with Gasteiger partial charge in [-0.15, -0.1) is 0 Å². The van der Waals surface area contributed by atoms with E-state index in [2.05, 4.69) is 17.6 Å². The maximum Gasteiger partial charge on any atom is 0.270 e. The molecule has 32 heavy (non-hydrogen) atoms. The Kier molecular flexibility index (Phi) is 9.29. The summed E-state index contributed by atoms with van der Waals surface area (Å²) < 4.78 is 0. The number of carbonyl (C=O) groups excluding carboxylic acids is 3. The Hall–Kier alpha value is -3.31. The Morgan fingerprint density at radius 1 is 1.03 bits per heavy atom. The number of amides is 3. The Morgan fingerprint density at radius 3 is 2.09 bits per heavy atom. The largest absolute Gasteiger partial charge is 0.376 e. The number of nitrogens with one attached hydrogen (secondary N) is 3. The van der Waals surface area contributed by atoms with E-state index in [1.807, 2.05) is 24.1 Å². The van der Waals surface area contributed by atoms with Crippen LogP contribution in [0.5, 0.6) is 0 Å². The number of anilines is 1. The molecule has 10 nitrogen and oxygen atoms in total. The minimum atomic E-state index is -1.68. The van der Waals surface area contributed by atoms with Gasteiger partial charge in [0.1, 0.15) is 12.3 Å². The quantitative estimate of drug-likeness (QED) is 0.177. The van der Waals surface area contributed by atoms with Gasteiger partial charge >= 0.3 is 0 Å². The third-order valence-electron chi connectivity index (χ3n) is 4.69. The summed E-state index contributed by atoms with van der Waals surface area (Å²) in [6.45, 7) is 3.23. The number of hydrogen-bond donors (Lipinski definition) is 6. The van der Waals surface area contributed by atoms with E-state index >= 15 is 0 Å². The second kappa shape index (κ2) is 11.9. The molecule has 0 saturated carbocycles. The number of likely N-dealkylation sites (N-methyl/N-ethyl adjacent to an activating group) is 1. The van der Waals surface area contributed by atoms with E-state index < -0.39 is 24.1 Å². The number of hydrogen-bond acceptors (Lipinski definition) is 7. The number of benzene rings is 2. The molecule has 0 spiro atoms. The molecule has 7 N–H and O–H groups in total. The SMILES string of the molecule is CCCN(C)CC(=O)Nc1ccc(-c2ccc(C(=O)N[C@H](C(=O)NO)[C@@H](N)O)cc2)cc1. The van der Waals surface area contributed by atoms with Crippen molar-refractivity contribution in [3.63, 3.8) is 0 Å². The van der Waals surface area contributed by atoms with Gasteiger partial charge in [-0.1, -0.05) is 31.2 Å². The van der Waals surface area contributed by atoms with Crippen molar-refractivity contribution in [1.29, 1.82) is 0 Å². The van der Waals surface area contributed by atoms with Crippen LogP contribution in [-0.4, -0.2) is 65.3 Å². The van der Waals surface area contributed by atoms with Gasteiger partial charge in [0, 0.05) is 11.3 Å². The zero-order valence-electron chi connectivity index (χ0n) is 18.0. The normalized spacial score (nSPS) is 12.7. The third-order valence-corrected chi connectivity index (χ3v) is 4.69. The molecule has 2 aromatic carbocycles. The highest BCUT2D eigenvalue weighted by Gasteiger charge is 2.26. The van der Waals surface area contributed by atoms with Crippen molar-refractivity contribution in [3.05, 3.63) is 54.1 Å². The number of nitrogens with zero attached hydrogens (tertiary/aromatic N) is 1. The van der Waals surface area contributed by atoms with Crippen molar-refractivity contribution in [2.45, 2.75) is 25.6 Å². The van der Waals surface area contributed by atoms with Crippen LogP contribution in [0.15, 0.2) is 48.5 Å². The lowest BCUT2D eigenvalue weighted by molar-refractivity contribution is -0.133. The summed E-state index contributed by atoms with van der Waals surface area (Å²) in [5.74, 6) is -1.75. The molecule has 0 unspecified atom stereocenters. The molecule has 0 fully saturated rings. The molecule has 10 heteroatoms. The Morgan fingerprint density at radius 2 is 1.59 bits per heavy atom. The average Bonchev–Trinajstić information content (AvgIpc) is 2.77. The van der Waals surface area contributed by atoms with Crippen LogP contribution in [-0.2, 0) is 9.59 Å². The lowest BCUT2D eigenvalue weighted by atomic mass is 10.0. The molecule has 0 aliphatic rings. The van der Waals surface area contributed by atoms with E-state index in [-0.39, 0.29) is 11.5 Å². The Labute approximate surface area is 186 Å². The third kappa shape index (κ3) is 7.13.